The zero-order chi connectivity index (χ0) is 24.9. The number of aliphatic hydroxyl groups excluding tert-OH is 1. The molecule has 10 heteroatoms. The number of aliphatic hydroxyl groups is 1. The molecule has 0 unspecified atom stereocenters. The van der Waals surface area contributed by atoms with E-state index in [1.165, 1.54) is 34.4 Å². The van der Waals surface area contributed by atoms with E-state index >= 15 is 0 Å². The first-order valence-electron chi connectivity index (χ1n) is 10.2. The van der Waals surface area contributed by atoms with Gasteiger partial charge in [-0.25, -0.2) is 9.37 Å². The number of aromatic nitrogens is 1. The van der Waals surface area contributed by atoms with Crippen LogP contribution in [0.15, 0.2) is 66.2 Å². The summed E-state index contributed by atoms with van der Waals surface area (Å²) in [6.07, 6.45) is 0. The highest BCUT2D eigenvalue weighted by Crippen LogP contribution is 2.45. The quantitative estimate of drug-likeness (QED) is 0.189. The van der Waals surface area contributed by atoms with E-state index in [4.69, 9.17) is 27.9 Å². The molecule has 1 saturated heterocycles. The lowest BCUT2D eigenvalue weighted by atomic mass is 9.95. The van der Waals surface area contributed by atoms with Crippen molar-refractivity contribution in [2.24, 2.45) is 0 Å². The lowest BCUT2D eigenvalue weighted by Gasteiger charge is -2.23. The first-order valence-corrected chi connectivity index (χ1v) is 11.8. The van der Waals surface area contributed by atoms with Crippen LogP contribution in [0.2, 0.25) is 10.0 Å². The molecule has 1 aliphatic rings. The molecular weight excluding hydrogens is 514 g/mol. The van der Waals surface area contributed by atoms with Crippen LogP contribution in [-0.2, 0) is 9.59 Å². The Labute approximate surface area is 212 Å². The van der Waals surface area contributed by atoms with Gasteiger partial charge in [0.05, 0.1) is 39.0 Å². The summed E-state index contributed by atoms with van der Waals surface area (Å²) >= 11 is 13.5. The minimum atomic E-state index is -1.04. The molecule has 2 heterocycles. The van der Waals surface area contributed by atoms with Crippen molar-refractivity contribution in [3.8, 4) is 5.75 Å². The number of ether oxygens (including phenoxy) is 1. The van der Waals surface area contributed by atoms with Crippen LogP contribution in [0.3, 0.4) is 0 Å². The minimum absolute atomic E-state index is 0.170. The number of hydrogen-bond donors (Lipinski definition) is 1. The topological polar surface area (TPSA) is 79.7 Å². The van der Waals surface area contributed by atoms with Crippen LogP contribution in [0.25, 0.3) is 16.0 Å². The predicted octanol–water partition coefficient (Wildman–Crippen LogP) is 6.38. The minimum Gasteiger partial charge on any atom is -0.507 e. The second kappa shape index (κ2) is 8.96. The fraction of sp³-hybridized carbons (Fsp3) is 0.0800. The number of carbonyl (C=O) groups excluding carboxylic acids is 2. The van der Waals surface area contributed by atoms with Gasteiger partial charge in [-0.3, -0.25) is 14.5 Å². The van der Waals surface area contributed by atoms with E-state index in [0.29, 0.717) is 16.8 Å². The molecule has 1 aliphatic heterocycles. The molecule has 5 rings (SSSR count). The maximum atomic E-state index is 13.5. The van der Waals surface area contributed by atoms with Crippen molar-refractivity contribution in [3.05, 3.63) is 93.2 Å². The average molecular weight is 529 g/mol. The van der Waals surface area contributed by atoms with Gasteiger partial charge in [-0.15, -0.1) is 0 Å². The molecule has 35 heavy (non-hydrogen) atoms. The largest absolute Gasteiger partial charge is 0.507 e. The van der Waals surface area contributed by atoms with Gasteiger partial charge in [0, 0.05) is 5.56 Å². The number of nitrogens with zero attached hydrogens (tertiary/aromatic N) is 2. The fourth-order valence-corrected chi connectivity index (χ4v) is 5.24. The number of rotatable bonds is 4. The highest BCUT2D eigenvalue weighted by molar-refractivity contribution is 7.22. The summed E-state index contributed by atoms with van der Waals surface area (Å²) in [6.45, 7) is 0. The SMILES string of the molecule is COc1ccc2nc(N3C(=O)C(=O)C(=C(O)c4ccc(F)cc4)[C@@H]3c3ccc(Cl)c(Cl)c3)sc2c1. The molecule has 1 amide bonds. The van der Waals surface area contributed by atoms with Crippen LogP contribution in [0, 0.1) is 5.82 Å². The van der Waals surface area contributed by atoms with E-state index in [-0.39, 0.29) is 26.3 Å². The standard InChI is InChI=1S/C25H15Cl2FN2O4S/c1-34-15-7-9-18-19(11-15)35-25(29-18)30-21(13-4-8-16(26)17(27)10-13)20(23(32)24(30)33)22(31)12-2-5-14(28)6-3-12/h2-11,21,31H,1H3/t21-/m0/s1. The number of halogens is 3. The lowest BCUT2D eigenvalue weighted by molar-refractivity contribution is -0.132. The second-order valence-electron chi connectivity index (χ2n) is 7.68. The number of hydrogen-bond acceptors (Lipinski definition) is 6. The summed E-state index contributed by atoms with van der Waals surface area (Å²) in [5.41, 5.74) is 1.07. The van der Waals surface area contributed by atoms with Crippen LogP contribution in [-0.4, -0.2) is 28.9 Å². The highest BCUT2D eigenvalue weighted by Gasteiger charge is 2.48. The molecule has 0 spiro atoms. The van der Waals surface area contributed by atoms with Crippen LogP contribution < -0.4 is 9.64 Å². The van der Waals surface area contributed by atoms with Gasteiger partial charge in [-0.1, -0.05) is 40.6 Å². The van der Waals surface area contributed by atoms with E-state index in [1.807, 2.05) is 0 Å². The summed E-state index contributed by atoms with van der Waals surface area (Å²) in [6, 6.07) is 13.9. The summed E-state index contributed by atoms with van der Waals surface area (Å²) in [5.74, 6) is -2.10. The van der Waals surface area contributed by atoms with E-state index < -0.39 is 29.3 Å². The second-order valence-corrected chi connectivity index (χ2v) is 9.50. The Morgan fingerprint density at radius 2 is 1.80 bits per heavy atom. The van der Waals surface area contributed by atoms with Gasteiger partial charge < -0.3 is 9.84 Å². The molecule has 1 atom stereocenters. The number of amides is 1. The van der Waals surface area contributed by atoms with Crippen molar-refractivity contribution in [2.45, 2.75) is 6.04 Å². The summed E-state index contributed by atoms with van der Waals surface area (Å²) in [5, 5.41) is 11.9. The number of Topliss-reactive ketones (excluding diaryl/α,β-unsaturated/α-hetero) is 1. The van der Waals surface area contributed by atoms with E-state index in [2.05, 4.69) is 4.98 Å². The van der Waals surface area contributed by atoms with Gasteiger partial charge in [0.2, 0.25) is 0 Å². The third-order valence-electron chi connectivity index (χ3n) is 5.61. The molecule has 1 aromatic heterocycles. The van der Waals surface area contributed by atoms with Crippen LogP contribution in [0.4, 0.5) is 9.52 Å². The maximum Gasteiger partial charge on any atom is 0.301 e. The Hall–Kier alpha value is -3.46. The molecule has 0 aliphatic carbocycles. The number of benzene rings is 3. The Morgan fingerprint density at radius 1 is 1.06 bits per heavy atom. The predicted molar refractivity (Wildman–Crippen MR) is 134 cm³/mol. The molecule has 176 valence electrons. The summed E-state index contributed by atoms with van der Waals surface area (Å²) < 4.78 is 19.5. The zero-order valence-electron chi connectivity index (χ0n) is 18.0. The highest BCUT2D eigenvalue weighted by atomic mass is 35.5. The molecule has 1 N–H and O–H groups in total. The first kappa shape index (κ1) is 23.3. The van der Waals surface area contributed by atoms with Gasteiger partial charge >= 0.3 is 5.91 Å². The molecule has 0 radical (unpaired) electrons. The molecule has 3 aromatic carbocycles. The number of carbonyl (C=O) groups is 2. The van der Waals surface area contributed by atoms with Crippen LogP contribution >= 0.6 is 34.5 Å². The smallest absolute Gasteiger partial charge is 0.301 e. The Balaban J connectivity index is 1.73. The third-order valence-corrected chi connectivity index (χ3v) is 7.37. The summed E-state index contributed by atoms with van der Waals surface area (Å²) in [4.78, 5) is 32.3. The van der Waals surface area contributed by atoms with Gasteiger partial charge in [0.25, 0.3) is 5.78 Å². The Bertz CT molecular complexity index is 1530. The number of thiazole rings is 1. The molecule has 1 fully saturated rings. The van der Waals surface area contributed by atoms with E-state index in [9.17, 15) is 19.1 Å². The Morgan fingerprint density at radius 3 is 2.49 bits per heavy atom. The Kier molecular flexibility index (Phi) is 5.96. The van der Waals surface area contributed by atoms with Crippen molar-refractivity contribution in [1.29, 1.82) is 0 Å². The molecular formula is C25H15Cl2FN2O4S. The lowest BCUT2D eigenvalue weighted by Crippen LogP contribution is -2.29. The fourth-order valence-electron chi connectivity index (χ4n) is 3.91. The monoisotopic (exact) mass is 528 g/mol. The molecule has 6 nitrogen and oxygen atoms in total. The molecule has 0 saturated carbocycles. The normalized spacial score (nSPS) is 17.4. The zero-order valence-corrected chi connectivity index (χ0v) is 20.3. The first-order chi connectivity index (χ1) is 16.8. The van der Waals surface area contributed by atoms with Gasteiger partial charge in [-0.05, 0) is 60.2 Å². The number of ketones is 1. The van der Waals surface area contributed by atoms with E-state index in [1.54, 1.807) is 37.4 Å². The van der Waals surface area contributed by atoms with Crippen molar-refractivity contribution in [1.82, 2.24) is 4.98 Å². The molecule has 4 aromatic rings. The van der Waals surface area contributed by atoms with Crippen molar-refractivity contribution in [3.63, 3.8) is 0 Å². The van der Waals surface area contributed by atoms with Gasteiger partial charge in [0.15, 0.2) is 5.13 Å². The van der Waals surface area contributed by atoms with Gasteiger partial charge in [-0.2, -0.15) is 0 Å². The van der Waals surface area contributed by atoms with Gasteiger partial charge in [0.1, 0.15) is 17.3 Å². The van der Waals surface area contributed by atoms with Crippen LogP contribution in [0.1, 0.15) is 17.2 Å². The van der Waals surface area contributed by atoms with Crippen molar-refractivity contribution >= 4 is 67.3 Å². The number of anilines is 1. The van der Waals surface area contributed by atoms with Crippen molar-refractivity contribution in [2.75, 3.05) is 12.0 Å². The maximum absolute atomic E-state index is 13.5. The van der Waals surface area contributed by atoms with E-state index in [0.717, 1.165) is 16.8 Å². The summed E-state index contributed by atoms with van der Waals surface area (Å²) in [7, 11) is 1.54. The molecule has 0 bridgehead atoms. The third kappa shape index (κ3) is 4.03. The average Bonchev–Trinajstić information content (AvgIpc) is 3.38. The number of fused-ring (bicyclic) bond motifs is 1. The van der Waals surface area contributed by atoms with Crippen LogP contribution in [0.5, 0.6) is 5.75 Å². The van der Waals surface area contributed by atoms with Crippen molar-refractivity contribution < 1.29 is 23.8 Å². The number of methoxy groups -OCH3 is 1.